The van der Waals surface area contributed by atoms with Crippen molar-refractivity contribution >= 4 is 23.4 Å². The summed E-state index contributed by atoms with van der Waals surface area (Å²) in [6, 6.07) is 10.6. The van der Waals surface area contributed by atoms with E-state index in [1.807, 2.05) is 0 Å². The molecular weight excluding hydrogens is 294 g/mol. The molecule has 0 radical (unpaired) electrons. The standard InChI is InChI=1S/C14H11NO5S/c16-11-2-4-12(5-3-11)21-13-6-1-10(15(19)20)7-9(13)8-14(17)18/h1-7,16H,8H2,(H,17,18). The first kappa shape index (κ1) is 14.9. The number of hydrogen-bond donors (Lipinski definition) is 2. The largest absolute Gasteiger partial charge is 0.508 e. The molecule has 2 aromatic rings. The molecule has 0 amide bonds. The highest BCUT2D eigenvalue weighted by atomic mass is 32.2. The lowest BCUT2D eigenvalue weighted by molar-refractivity contribution is -0.385. The monoisotopic (exact) mass is 305 g/mol. The Hall–Kier alpha value is -2.54. The van der Waals surface area contributed by atoms with E-state index in [0.717, 1.165) is 4.90 Å². The van der Waals surface area contributed by atoms with Gasteiger partial charge in [0, 0.05) is 21.9 Å². The van der Waals surface area contributed by atoms with Crippen LogP contribution in [0, 0.1) is 10.1 Å². The number of non-ortho nitro benzene ring substituents is 1. The fraction of sp³-hybridized carbons (Fsp3) is 0.0714. The summed E-state index contributed by atoms with van der Waals surface area (Å²) in [6.07, 6.45) is -0.290. The van der Waals surface area contributed by atoms with Crippen LogP contribution in [0.3, 0.4) is 0 Å². The molecule has 0 spiro atoms. The van der Waals surface area contributed by atoms with Gasteiger partial charge in [-0.25, -0.2) is 0 Å². The first-order valence-electron chi connectivity index (χ1n) is 5.91. The molecule has 0 fully saturated rings. The Bertz CT molecular complexity index is 684. The average molecular weight is 305 g/mol. The van der Waals surface area contributed by atoms with Gasteiger partial charge in [0.2, 0.25) is 0 Å². The second-order valence-corrected chi connectivity index (χ2v) is 5.33. The Kier molecular flexibility index (Phi) is 4.44. The Morgan fingerprint density at radius 3 is 2.43 bits per heavy atom. The van der Waals surface area contributed by atoms with E-state index in [1.165, 1.54) is 42.1 Å². The summed E-state index contributed by atoms with van der Waals surface area (Å²) in [5.41, 5.74) is 0.246. The van der Waals surface area contributed by atoms with Crippen molar-refractivity contribution in [1.29, 1.82) is 0 Å². The topological polar surface area (TPSA) is 101 Å². The number of aromatic hydroxyl groups is 1. The average Bonchev–Trinajstić information content (AvgIpc) is 2.42. The minimum Gasteiger partial charge on any atom is -0.508 e. The summed E-state index contributed by atoms with van der Waals surface area (Å²) in [7, 11) is 0. The molecule has 2 rings (SSSR count). The first-order chi connectivity index (χ1) is 9.95. The SMILES string of the molecule is O=C(O)Cc1cc([N+](=O)[O-])ccc1Sc1ccc(O)cc1. The van der Waals surface area contributed by atoms with Gasteiger partial charge in [-0.3, -0.25) is 14.9 Å². The summed E-state index contributed by atoms with van der Waals surface area (Å²) >= 11 is 1.29. The fourth-order valence-corrected chi connectivity index (χ4v) is 2.65. The maximum Gasteiger partial charge on any atom is 0.307 e. The molecule has 0 aliphatic rings. The summed E-state index contributed by atoms with van der Waals surface area (Å²) in [5, 5.41) is 28.9. The molecule has 0 aliphatic carbocycles. The van der Waals surface area contributed by atoms with Crippen molar-refractivity contribution < 1.29 is 19.9 Å². The Morgan fingerprint density at radius 2 is 1.86 bits per heavy atom. The Balaban J connectivity index is 2.34. The predicted molar refractivity (Wildman–Crippen MR) is 76.7 cm³/mol. The minimum atomic E-state index is -1.05. The number of benzene rings is 2. The molecule has 6 nitrogen and oxygen atoms in total. The molecule has 108 valence electrons. The molecule has 0 aliphatic heterocycles. The zero-order valence-electron chi connectivity index (χ0n) is 10.7. The second-order valence-electron chi connectivity index (χ2n) is 4.22. The highest BCUT2D eigenvalue weighted by molar-refractivity contribution is 7.99. The number of carboxylic acids is 1. The van der Waals surface area contributed by atoms with Crippen LogP contribution in [0.4, 0.5) is 5.69 Å². The number of hydrogen-bond acceptors (Lipinski definition) is 5. The molecule has 0 unspecified atom stereocenters. The zero-order valence-corrected chi connectivity index (χ0v) is 11.5. The molecule has 7 heteroatoms. The van der Waals surface area contributed by atoms with Gasteiger partial charge >= 0.3 is 5.97 Å². The third kappa shape index (κ3) is 3.96. The van der Waals surface area contributed by atoms with Crippen molar-refractivity contribution in [1.82, 2.24) is 0 Å². The van der Waals surface area contributed by atoms with Crippen LogP contribution in [-0.4, -0.2) is 21.1 Å². The van der Waals surface area contributed by atoms with Gasteiger partial charge in [0.25, 0.3) is 5.69 Å². The van der Waals surface area contributed by atoms with Gasteiger partial charge in [-0.1, -0.05) is 11.8 Å². The molecule has 0 atom stereocenters. The van der Waals surface area contributed by atoms with E-state index in [-0.39, 0.29) is 17.9 Å². The number of nitro groups is 1. The molecule has 0 aromatic heterocycles. The van der Waals surface area contributed by atoms with Crippen LogP contribution in [0.15, 0.2) is 52.3 Å². The van der Waals surface area contributed by atoms with Crippen LogP contribution in [0.5, 0.6) is 5.75 Å². The second kappa shape index (κ2) is 6.27. The van der Waals surface area contributed by atoms with Crippen LogP contribution in [0.25, 0.3) is 0 Å². The lowest BCUT2D eigenvalue weighted by Gasteiger charge is -2.07. The van der Waals surface area contributed by atoms with Crippen molar-refractivity contribution in [3.63, 3.8) is 0 Å². The van der Waals surface area contributed by atoms with E-state index >= 15 is 0 Å². The molecule has 0 bridgehead atoms. The lowest BCUT2D eigenvalue weighted by atomic mass is 10.1. The number of nitrogens with zero attached hydrogens (tertiary/aromatic N) is 1. The van der Waals surface area contributed by atoms with E-state index in [4.69, 9.17) is 5.11 Å². The molecule has 0 heterocycles. The number of phenols is 1. The highest BCUT2D eigenvalue weighted by Crippen LogP contribution is 2.33. The number of aliphatic carboxylic acids is 1. The predicted octanol–water partition coefficient (Wildman–Crippen LogP) is 3.08. The van der Waals surface area contributed by atoms with Gasteiger partial charge in [0.05, 0.1) is 11.3 Å². The van der Waals surface area contributed by atoms with Gasteiger partial charge in [0.15, 0.2) is 0 Å². The van der Waals surface area contributed by atoms with E-state index in [0.29, 0.717) is 10.5 Å². The van der Waals surface area contributed by atoms with Crippen LogP contribution in [0.2, 0.25) is 0 Å². The number of rotatable bonds is 5. The normalized spacial score (nSPS) is 10.3. The van der Waals surface area contributed by atoms with Crippen molar-refractivity contribution in [3.05, 3.63) is 58.1 Å². The molecule has 2 aromatic carbocycles. The van der Waals surface area contributed by atoms with Crippen molar-refractivity contribution in [2.75, 3.05) is 0 Å². The molecule has 21 heavy (non-hydrogen) atoms. The Labute approximate surface area is 124 Å². The van der Waals surface area contributed by atoms with Crippen LogP contribution >= 0.6 is 11.8 Å². The summed E-state index contributed by atoms with van der Waals surface area (Å²) < 4.78 is 0. The van der Waals surface area contributed by atoms with Crippen molar-refractivity contribution in [2.24, 2.45) is 0 Å². The van der Waals surface area contributed by atoms with Gasteiger partial charge in [-0.15, -0.1) is 0 Å². The summed E-state index contributed by atoms with van der Waals surface area (Å²) in [5.74, 6) is -0.920. The van der Waals surface area contributed by atoms with Crippen molar-refractivity contribution in [3.8, 4) is 5.75 Å². The Morgan fingerprint density at radius 1 is 1.19 bits per heavy atom. The smallest absolute Gasteiger partial charge is 0.307 e. The molecule has 0 saturated heterocycles. The highest BCUT2D eigenvalue weighted by Gasteiger charge is 2.14. The maximum atomic E-state index is 10.9. The van der Waals surface area contributed by atoms with E-state index in [1.54, 1.807) is 12.1 Å². The van der Waals surface area contributed by atoms with Crippen LogP contribution in [0.1, 0.15) is 5.56 Å². The molecule has 0 saturated carbocycles. The minimum absolute atomic E-state index is 0.133. The number of phenolic OH excluding ortho intramolecular Hbond substituents is 1. The first-order valence-corrected chi connectivity index (χ1v) is 6.73. The third-order valence-electron chi connectivity index (χ3n) is 2.66. The zero-order chi connectivity index (χ0) is 15.4. The summed E-state index contributed by atoms with van der Waals surface area (Å²) in [6.45, 7) is 0. The summed E-state index contributed by atoms with van der Waals surface area (Å²) in [4.78, 5) is 22.5. The van der Waals surface area contributed by atoms with Crippen LogP contribution < -0.4 is 0 Å². The number of nitro benzene ring substituents is 1. The van der Waals surface area contributed by atoms with Gasteiger partial charge in [-0.2, -0.15) is 0 Å². The van der Waals surface area contributed by atoms with Crippen molar-refractivity contribution in [2.45, 2.75) is 16.2 Å². The van der Waals surface area contributed by atoms with Gasteiger partial charge in [-0.05, 0) is 35.9 Å². The van der Waals surface area contributed by atoms with Gasteiger partial charge < -0.3 is 10.2 Å². The quantitative estimate of drug-likeness (QED) is 0.650. The fourth-order valence-electron chi connectivity index (χ4n) is 1.72. The molecular formula is C14H11NO5S. The third-order valence-corrected chi connectivity index (χ3v) is 3.79. The van der Waals surface area contributed by atoms with E-state index < -0.39 is 10.9 Å². The van der Waals surface area contributed by atoms with Crippen LogP contribution in [-0.2, 0) is 11.2 Å². The van der Waals surface area contributed by atoms with E-state index in [9.17, 15) is 20.0 Å². The maximum absolute atomic E-state index is 10.9. The van der Waals surface area contributed by atoms with Gasteiger partial charge in [0.1, 0.15) is 5.75 Å². The molecule has 2 N–H and O–H groups in total. The lowest BCUT2D eigenvalue weighted by Crippen LogP contribution is -2.02. The van der Waals surface area contributed by atoms with E-state index in [2.05, 4.69) is 0 Å². The number of carboxylic acid groups (broad SMARTS) is 1. The number of carbonyl (C=O) groups is 1.